The minimum atomic E-state index is -0.932. The molecule has 0 spiro atoms. The molecule has 110 valence electrons. The lowest BCUT2D eigenvalue weighted by molar-refractivity contribution is -0.00188. The molecule has 1 N–H and O–H groups in total. The molecule has 0 amide bonds. The number of aliphatic hydroxyl groups is 1. The van der Waals surface area contributed by atoms with Crippen LogP contribution in [0.25, 0.3) is 0 Å². The van der Waals surface area contributed by atoms with E-state index >= 15 is 0 Å². The molecule has 2 aromatic carbocycles. The van der Waals surface area contributed by atoms with Gasteiger partial charge in [-0.2, -0.15) is 0 Å². The molecule has 21 heavy (non-hydrogen) atoms. The molecular formula is C19H23NO. The summed E-state index contributed by atoms with van der Waals surface area (Å²) < 4.78 is 0. The smallest absolute Gasteiger partial charge is 0.118 e. The van der Waals surface area contributed by atoms with Gasteiger partial charge in [-0.25, -0.2) is 0 Å². The molecule has 1 aliphatic rings. The molecule has 1 atom stereocenters. The van der Waals surface area contributed by atoms with Gasteiger partial charge in [-0.05, 0) is 30.6 Å². The number of hydrogen-bond acceptors (Lipinski definition) is 2. The maximum Gasteiger partial charge on any atom is 0.118 e. The van der Waals surface area contributed by atoms with E-state index < -0.39 is 5.60 Å². The summed E-state index contributed by atoms with van der Waals surface area (Å²) in [6.07, 6.45) is 1.28. The highest BCUT2D eigenvalue weighted by Gasteiger charge is 2.38. The maximum absolute atomic E-state index is 11.6. The first-order valence-electron chi connectivity index (χ1n) is 7.77. The van der Waals surface area contributed by atoms with Gasteiger partial charge >= 0.3 is 0 Å². The standard InChI is InChI=1S/C19H23NO/c1-16(15-20-13-8-14-20)19(21,17-9-4-2-5-10-17)18-11-6-3-7-12-18/h2-7,9-12,16,21H,8,13-15H2,1H3. The number of rotatable bonds is 5. The van der Waals surface area contributed by atoms with Crippen LogP contribution in [0.15, 0.2) is 60.7 Å². The van der Waals surface area contributed by atoms with Crippen LogP contribution in [-0.2, 0) is 5.60 Å². The Bertz CT molecular complexity index is 523. The normalized spacial score (nSPS) is 17.2. The second kappa shape index (κ2) is 6.00. The van der Waals surface area contributed by atoms with Crippen LogP contribution in [0.5, 0.6) is 0 Å². The fourth-order valence-electron chi connectivity index (χ4n) is 3.20. The summed E-state index contributed by atoms with van der Waals surface area (Å²) in [6.45, 7) is 5.40. The van der Waals surface area contributed by atoms with Crippen LogP contribution in [0.3, 0.4) is 0 Å². The van der Waals surface area contributed by atoms with Crippen LogP contribution in [-0.4, -0.2) is 29.6 Å². The van der Waals surface area contributed by atoms with E-state index in [2.05, 4.69) is 11.8 Å². The van der Waals surface area contributed by atoms with Crippen LogP contribution in [0.1, 0.15) is 24.5 Å². The van der Waals surface area contributed by atoms with E-state index in [1.54, 1.807) is 0 Å². The SMILES string of the molecule is CC(CN1CCC1)C(O)(c1ccccc1)c1ccccc1. The van der Waals surface area contributed by atoms with E-state index in [0.717, 1.165) is 30.8 Å². The lowest BCUT2D eigenvalue weighted by atomic mass is 9.76. The van der Waals surface area contributed by atoms with E-state index in [1.165, 1.54) is 6.42 Å². The molecule has 1 fully saturated rings. The third-order valence-corrected chi connectivity index (χ3v) is 4.62. The van der Waals surface area contributed by atoms with Crippen molar-refractivity contribution in [3.8, 4) is 0 Å². The lowest BCUT2D eigenvalue weighted by Gasteiger charge is -2.40. The number of likely N-dealkylation sites (tertiary alicyclic amines) is 1. The molecule has 0 bridgehead atoms. The van der Waals surface area contributed by atoms with E-state index in [1.807, 2.05) is 60.7 Å². The molecule has 2 nitrogen and oxygen atoms in total. The molecule has 1 aliphatic heterocycles. The van der Waals surface area contributed by atoms with E-state index in [0.29, 0.717) is 0 Å². The van der Waals surface area contributed by atoms with Crippen LogP contribution in [0.4, 0.5) is 0 Å². The Labute approximate surface area is 127 Å². The first kappa shape index (κ1) is 14.3. The van der Waals surface area contributed by atoms with Crippen molar-refractivity contribution in [2.24, 2.45) is 5.92 Å². The van der Waals surface area contributed by atoms with Gasteiger partial charge in [0.15, 0.2) is 0 Å². The topological polar surface area (TPSA) is 23.5 Å². The summed E-state index contributed by atoms with van der Waals surface area (Å²) in [5.41, 5.74) is 1.02. The second-order valence-corrected chi connectivity index (χ2v) is 6.05. The van der Waals surface area contributed by atoms with Crippen molar-refractivity contribution in [1.29, 1.82) is 0 Å². The van der Waals surface area contributed by atoms with Crippen LogP contribution < -0.4 is 0 Å². The van der Waals surface area contributed by atoms with E-state index in [4.69, 9.17) is 0 Å². The number of hydrogen-bond donors (Lipinski definition) is 1. The molecule has 2 heteroatoms. The van der Waals surface area contributed by atoms with Gasteiger partial charge in [-0.15, -0.1) is 0 Å². The van der Waals surface area contributed by atoms with Crippen LogP contribution >= 0.6 is 0 Å². The molecule has 1 unspecified atom stereocenters. The number of nitrogens with zero attached hydrogens (tertiary/aromatic N) is 1. The number of benzene rings is 2. The summed E-state index contributed by atoms with van der Waals surface area (Å²) in [6, 6.07) is 20.1. The second-order valence-electron chi connectivity index (χ2n) is 6.05. The van der Waals surface area contributed by atoms with Gasteiger partial charge < -0.3 is 10.0 Å². The highest BCUT2D eigenvalue weighted by Crippen LogP contribution is 2.37. The molecular weight excluding hydrogens is 258 g/mol. The van der Waals surface area contributed by atoms with Gasteiger partial charge in [0.25, 0.3) is 0 Å². The Morgan fingerprint density at radius 3 is 1.81 bits per heavy atom. The van der Waals surface area contributed by atoms with Crippen molar-refractivity contribution in [2.75, 3.05) is 19.6 Å². The Hall–Kier alpha value is -1.64. The molecule has 0 aromatic heterocycles. The van der Waals surface area contributed by atoms with Crippen molar-refractivity contribution in [1.82, 2.24) is 4.90 Å². The Kier molecular flexibility index (Phi) is 4.09. The van der Waals surface area contributed by atoms with Crippen molar-refractivity contribution < 1.29 is 5.11 Å². The highest BCUT2D eigenvalue weighted by molar-refractivity contribution is 5.36. The van der Waals surface area contributed by atoms with Crippen molar-refractivity contribution in [3.63, 3.8) is 0 Å². The third kappa shape index (κ3) is 2.74. The molecule has 1 saturated heterocycles. The first-order valence-corrected chi connectivity index (χ1v) is 7.77. The predicted octanol–water partition coefficient (Wildman–Crippen LogP) is 3.26. The monoisotopic (exact) mass is 281 g/mol. The van der Waals surface area contributed by atoms with Gasteiger partial charge in [-0.1, -0.05) is 67.6 Å². The molecule has 0 aliphatic carbocycles. The Morgan fingerprint density at radius 1 is 0.952 bits per heavy atom. The summed E-state index contributed by atoms with van der Waals surface area (Å²) in [5.74, 6) is 0.141. The third-order valence-electron chi connectivity index (χ3n) is 4.62. The van der Waals surface area contributed by atoms with Gasteiger partial charge in [0.05, 0.1) is 0 Å². The summed E-state index contributed by atoms with van der Waals surface area (Å²) in [5, 5.41) is 11.6. The zero-order chi connectivity index (χ0) is 14.7. The zero-order valence-corrected chi connectivity index (χ0v) is 12.6. The van der Waals surface area contributed by atoms with Crippen molar-refractivity contribution in [2.45, 2.75) is 18.9 Å². The zero-order valence-electron chi connectivity index (χ0n) is 12.6. The summed E-state index contributed by atoms with van der Waals surface area (Å²) in [4.78, 5) is 2.42. The molecule has 0 saturated carbocycles. The highest BCUT2D eigenvalue weighted by atomic mass is 16.3. The first-order chi connectivity index (χ1) is 10.2. The van der Waals surface area contributed by atoms with Crippen molar-refractivity contribution >= 4 is 0 Å². The average Bonchev–Trinajstić information content (AvgIpc) is 2.51. The Morgan fingerprint density at radius 2 is 1.43 bits per heavy atom. The summed E-state index contributed by atoms with van der Waals surface area (Å²) >= 11 is 0. The molecule has 1 heterocycles. The Balaban J connectivity index is 1.97. The fourth-order valence-corrected chi connectivity index (χ4v) is 3.20. The largest absolute Gasteiger partial charge is 0.380 e. The average molecular weight is 281 g/mol. The van der Waals surface area contributed by atoms with Gasteiger partial charge in [0, 0.05) is 12.5 Å². The van der Waals surface area contributed by atoms with E-state index in [-0.39, 0.29) is 5.92 Å². The van der Waals surface area contributed by atoms with Crippen molar-refractivity contribution in [3.05, 3.63) is 71.8 Å². The van der Waals surface area contributed by atoms with Gasteiger partial charge in [-0.3, -0.25) is 0 Å². The molecule has 3 rings (SSSR count). The predicted molar refractivity (Wildman–Crippen MR) is 86.1 cm³/mol. The van der Waals surface area contributed by atoms with Gasteiger partial charge in [0.2, 0.25) is 0 Å². The minimum Gasteiger partial charge on any atom is -0.380 e. The van der Waals surface area contributed by atoms with Crippen LogP contribution in [0, 0.1) is 5.92 Å². The maximum atomic E-state index is 11.6. The minimum absolute atomic E-state index is 0.141. The quantitative estimate of drug-likeness (QED) is 0.909. The summed E-state index contributed by atoms with van der Waals surface area (Å²) in [7, 11) is 0. The van der Waals surface area contributed by atoms with Crippen LogP contribution in [0.2, 0.25) is 0 Å². The van der Waals surface area contributed by atoms with Gasteiger partial charge in [0.1, 0.15) is 5.60 Å². The molecule has 0 radical (unpaired) electrons. The van der Waals surface area contributed by atoms with E-state index in [9.17, 15) is 5.11 Å². The fraction of sp³-hybridized carbons (Fsp3) is 0.368. The molecule has 2 aromatic rings. The lowest BCUT2D eigenvalue weighted by Crippen LogP contribution is -2.46.